The minimum absolute atomic E-state index is 0.0221. The van der Waals surface area contributed by atoms with Crippen molar-refractivity contribution in [3.63, 3.8) is 0 Å². The van der Waals surface area contributed by atoms with Gasteiger partial charge < -0.3 is 20.6 Å². The summed E-state index contributed by atoms with van der Waals surface area (Å²) in [7, 11) is 0. The number of likely N-dealkylation sites (N-methyl/N-ethyl adjacent to an activating group) is 1. The molecule has 1 atom stereocenters. The third kappa shape index (κ3) is 3.71. The van der Waals surface area contributed by atoms with Crippen molar-refractivity contribution in [1.29, 1.82) is 0 Å². The van der Waals surface area contributed by atoms with Gasteiger partial charge in [-0.25, -0.2) is 0 Å². The van der Waals surface area contributed by atoms with Crippen LogP contribution in [0.4, 0.5) is 0 Å². The molecule has 5 heteroatoms. The van der Waals surface area contributed by atoms with E-state index >= 15 is 0 Å². The molecule has 0 spiro atoms. The molecule has 0 aliphatic carbocycles. The van der Waals surface area contributed by atoms with Crippen molar-refractivity contribution in [1.82, 2.24) is 9.80 Å². The molecule has 1 amide bonds. The fraction of sp³-hybridized carbons (Fsp3) is 0.533. The van der Waals surface area contributed by atoms with Crippen molar-refractivity contribution in [2.45, 2.75) is 19.4 Å². The molecule has 110 valence electrons. The monoisotopic (exact) mass is 277 g/mol. The number of aromatic hydroxyl groups is 1. The van der Waals surface area contributed by atoms with Crippen LogP contribution in [0.5, 0.6) is 5.75 Å². The standard InChI is InChI=1S/C15H23N3O2/c1-2-17-7-9-18(10-8-17)15(20)14(16)11-12-3-5-13(19)6-4-12/h3-6,14,19H,2,7-11,16H2,1H3/t14-/m1/s1. The molecule has 1 aliphatic rings. The number of phenols is 1. The number of nitrogens with zero attached hydrogens (tertiary/aromatic N) is 2. The van der Waals surface area contributed by atoms with Gasteiger partial charge in [-0.2, -0.15) is 0 Å². The summed E-state index contributed by atoms with van der Waals surface area (Å²) in [4.78, 5) is 16.5. The first-order valence-corrected chi connectivity index (χ1v) is 7.14. The van der Waals surface area contributed by atoms with Crippen molar-refractivity contribution >= 4 is 5.91 Å². The normalized spacial score (nSPS) is 18.0. The van der Waals surface area contributed by atoms with Gasteiger partial charge in [0, 0.05) is 26.2 Å². The Labute approximate surface area is 120 Å². The Kier molecular flexibility index (Phi) is 4.98. The third-order valence-electron chi connectivity index (χ3n) is 3.84. The first kappa shape index (κ1) is 14.8. The highest BCUT2D eigenvalue weighted by Crippen LogP contribution is 2.12. The van der Waals surface area contributed by atoms with E-state index in [4.69, 9.17) is 5.73 Å². The lowest BCUT2D eigenvalue weighted by molar-refractivity contribution is -0.134. The maximum atomic E-state index is 12.3. The molecule has 1 aliphatic heterocycles. The second-order valence-electron chi connectivity index (χ2n) is 5.24. The molecule has 1 heterocycles. The van der Waals surface area contributed by atoms with Crippen LogP contribution >= 0.6 is 0 Å². The zero-order valence-electron chi connectivity index (χ0n) is 12.0. The third-order valence-corrected chi connectivity index (χ3v) is 3.84. The highest BCUT2D eigenvalue weighted by atomic mass is 16.3. The molecule has 0 bridgehead atoms. The van der Waals surface area contributed by atoms with Crippen LogP contribution in [0.25, 0.3) is 0 Å². The van der Waals surface area contributed by atoms with Gasteiger partial charge >= 0.3 is 0 Å². The zero-order chi connectivity index (χ0) is 14.5. The molecule has 1 aromatic rings. The van der Waals surface area contributed by atoms with Crippen molar-refractivity contribution in [2.75, 3.05) is 32.7 Å². The minimum Gasteiger partial charge on any atom is -0.508 e. The number of rotatable bonds is 4. The van der Waals surface area contributed by atoms with E-state index in [-0.39, 0.29) is 11.7 Å². The summed E-state index contributed by atoms with van der Waals surface area (Å²) in [5, 5.41) is 9.24. The predicted octanol–water partition coefficient (Wildman–Crippen LogP) is 0.426. The van der Waals surface area contributed by atoms with Crippen LogP contribution in [0.3, 0.4) is 0 Å². The summed E-state index contributed by atoms with van der Waals surface area (Å²) in [6.45, 7) is 6.53. The first-order chi connectivity index (χ1) is 9.60. The van der Waals surface area contributed by atoms with Crippen molar-refractivity contribution in [3.05, 3.63) is 29.8 Å². The Bertz CT molecular complexity index is 439. The van der Waals surface area contributed by atoms with E-state index in [1.165, 1.54) is 0 Å². The Balaban J connectivity index is 1.87. The smallest absolute Gasteiger partial charge is 0.239 e. The summed E-state index contributed by atoms with van der Waals surface area (Å²) in [6, 6.07) is 6.33. The second kappa shape index (κ2) is 6.72. The van der Waals surface area contributed by atoms with E-state index in [0.717, 1.165) is 38.3 Å². The van der Waals surface area contributed by atoms with Gasteiger partial charge in [0.15, 0.2) is 0 Å². The Hall–Kier alpha value is -1.59. The van der Waals surface area contributed by atoms with Gasteiger partial charge in [-0.05, 0) is 30.7 Å². The maximum Gasteiger partial charge on any atom is 0.239 e. The van der Waals surface area contributed by atoms with Crippen molar-refractivity contribution in [2.24, 2.45) is 5.73 Å². The average molecular weight is 277 g/mol. The lowest BCUT2D eigenvalue weighted by Gasteiger charge is -2.35. The number of phenolic OH excluding ortho intramolecular Hbond substituents is 1. The first-order valence-electron chi connectivity index (χ1n) is 7.14. The van der Waals surface area contributed by atoms with Crippen LogP contribution < -0.4 is 5.73 Å². The Morgan fingerprint density at radius 3 is 2.40 bits per heavy atom. The molecule has 0 unspecified atom stereocenters. The van der Waals surface area contributed by atoms with Gasteiger partial charge in [0.25, 0.3) is 0 Å². The number of hydrogen-bond donors (Lipinski definition) is 2. The number of hydrogen-bond acceptors (Lipinski definition) is 4. The van der Waals surface area contributed by atoms with Gasteiger partial charge in [-0.15, -0.1) is 0 Å². The molecule has 5 nitrogen and oxygen atoms in total. The van der Waals surface area contributed by atoms with Crippen LogP contribution in [0.15, 0.2) is 24.3 Å². The van der Waals surface area contributed by atoms with Crippen LogP contribution in [0, 0.1) is 0 Å². The molecule has 1 fully saturated rings. The summed E-state index contributed by atoms with van der Waals surface area (Å²) in [5.74, 6) is 0.248. The molecule has 1 saturated heterocycles. The topological polar surface area (TPSA) is 69.8 Å². The molecule has 0 saturated carbocycles. The number of nitrogens with two attached hydrogens (primary N) is 1. The molecule has 1 aromatic carbocycles. The molecular weight excluding hydrogens is 254 g/mol. The molecular formula is C15H23N3O2. The lowest BCUT2D eigenvalue weighted by Crippen LogP contribution is -2.53. The number of amides is 1. The largest absolute Gasteiger partial charge is 0.508 e. The molecule has 0 radical (unpaired) electrons. The predicted molar refractivity (Wildman–Crippen MR) is 78.5 cm³/mol. The van der Waals surface area contributed by atoms with E-state index in [1.54, 1.807) is 24.3 Å². The van der Waals surface area contributed by atoms with E-state index in [9.17, 15) is 9.90 Å². The summed E-state index contributed by atoms with van der Waals surface area (Å²) in [6.07, 6.45) is 0.507. The van der Waals surface area contributed by atoms with Crippen molar-refractivity contribution < 1.29 is 9.90 Å². The van der Waals surface area contributed by atoms with Crippen LogP contribution in [-0.4, -0.2) is 59.6 Å². The van der Waals surface area contributed by atoms with Crippen LogP contribution in [0.2, 0.25) is 0 Å². The number of carbonyl (C=O) groups excluding carboxylic acids is 1. The molecule has 2 rings (SSSR count). The summed E-state index contributed by atoms with van der Waals surface area (Å²) >= 11 is 0. The molecule has 20 heavy (non-hydrogen) atoms. The number of piperazine rings is 1. The zero-order valence-corrected chi connectivity index (χ0v) is 12.0. The molecule has 0 aromatic heterocycles. The lowest BCUT2D eigenvalue weighted by atomic mass is 10.1. The van der Waals surface area contributed by atoms with E-state index in [0.29, 0.717) is 6.42 Å². The van der Waals surface area contributed by atoms with Gasteiger partial charge in [-0.1, -0.05) is 19.1 Å². The minimum atomic E-state index is -0.507. The highest BCUT2D eigenvalue weighted by molar-refractivity contribution is 5.82. The SMILES string of the molecule is CCN1CCN(C(=O)[C@H](N)Cc2ccc(O)cc2)CC1. The fourth-order valence-electron chi connectivity index (χ4n) is 2.49. The second-order valence-corrected chi connectivity index (χ2v) is 5.24. The average Bonchev–Trinajstić information content (AvgIpc) is 2.49. The Morgan fingerprint density at radius 1 is 1.25 bits per heavy atom. The van der Waals surface area contributed by atoms with Gasteiger partial charge in [0.2, 0.25) is 5.91 Å². The van der Waals surface area contributed by atoms with Crippen molar-refractivity contribution in [3.8, 4) is 5.75 Å². The van der Waals surface area contributed by atoms with E-state index in [2.05, 4.69) is 11.8 Å². The number of carbonyl (C=O) groups is 1. The quantitative estimate of drug-likeness (QED) is 0.837. The number of benzene rings is 1. The van der Waals surface area contributed by atoms with E-state index in [1.807, 2.05) is 4.90 Å². The Morgan fingerprint density at radius 2 is 1.85 bits per heavy atom. The van der Waals surface area contributed by atoms with Gasteiger partial charge in [-0.3, -0.25) is 4.79 Å². The molecule has 3 N–H and O–H groups in total. The maximum absolute atomic E-state index is 12.3. The van der Waals surface area contributed by atoms with Crippen LogP contribution in [-0.2, 0) is 11.2 Å². The van der Waals surface area contributed by atoms with Crippen LogP contribution in [0.1, 0.15) is 12.5 Å². The summed E-state index contributed by atoms with van der Waals surface area (Å²) < 4.78 is 0. The highest BCUT2D eigenvalue weighted by Gasteiger charge is 2.24. The van der Waals surface area contributed by atoms with E-state index < -0.39 is 6.04 Å². The van der Waals surface area contributed by atoms with Gasteiger partial charge in [0.05, 0.1) is 6.04 Å². The van der Waals surface area contributed by atoms with Gasteiger partial charge in [0.1, 0.15) is 5.75 Å². The fourth-order valence-corrected chi connectivity index (χ4v) is 2.49. The summed E-state index contributed by atoms with van der Waals surface area (Å²) in [5.41, 5.74) is 6.99.